The number of nitrogens with zero attached hydrogens (tertiary/aromatic N) is 2. The molecule has 1 aromatic heterocycles. The minimum absolute atomic E-state index is 0.709. The van der Waals surface area contributed by atoms with Gasteiger partial charge in [-0.2, -0.15) is 0 Å². The molecular weight excluding hydrogens is 216 g/mol. The van der Waals surface area contributed by atoms with Crippen molar-refractivity contribution in [3.63, 3.8) is 0 Å². The Kier molecular flexibility index (Phi) is 3.15. The van der Waals surface area contributed by atoms with Crippen LogP contribution >= 0.6 is 0 Å². The highest BCUT2D eigenvalue weighted by atomic mass is 16.5. The summed E-state index contributed by atoms with van der Waals surface area (Å²) >= 11 is 0. The lowest BCUT2D eigenvalue weighted by Gasteiger charge is -2.20. The van der Waals surface area contributed by atoms with Crippen LogP contribution in [0.2, 0.25) is 0 Å². The van der Waals surface area contributed by atoms with Crippen molar-refractivity contribution < 1.29 is 14.4 Å². The minimum Gasteiger partial charge on any atom is -0.840 e. The fraction of sp³-hybridized carbons (Fsp3) is 0.308. The molecule has 0 aliphatic heterocycles. The Morgan fingerprint density at radius 2 is 2.18 bits per heavy atom. The third-order valence-electron chi connectivity index (χ3n) is 2.87. The Labute approximate surface area is 101 Å². The SMILES string of the molecule is COc1cccc(C([O-])c2n(C)cc[n+]2C)c1. The molecule has 1 aromatic carbocycles. The largest absolute Gasteiger partial charge is 0.840 e. The van der Waals surface area contributed by atoms with E-state index in [1.807, 2.05) is 53.8 Å². The monoisotopic (exact) mass is 232 g/mol. The van der Waals surface area contributed by atoms with Crippen molar-refractivity contribution in [1.29, 1.82) is 0 Å². The maximum atomic E-state index is 12.4. The number of aryl methyl sites for hydroxylation is 2. The molecule has 2 aromatic rings. The lowest BCUT2D eigenvalue weighted by molar-refractivity contribution is -0.691. The van der Waals surface area contributed by atoms with Gasteiger partial charge in [0.2, 0.25) is 5.82 Å². The van der Waals surface area contributed by atoms with E-state index in [0.29, 0.717) is 11.3 Å². The van der Waals surface area contributed by atoms with Crippen molar-refractivity contribution in [3.05, 3.63) is 48.0 Å². The molecule has 90 valence electrons. The van der Waals surface area contributed by atoms with Crippen molar-refractivity contribution >= 4 is 0 Å². The van der Waals surface area contributed by atoms with E-state index in [-0.39, 0.29) is 0 Å². The van der Waals surface area contributed by atoms with Crippen LogP contribution < -0.4 is 14.4 Å². The van der Waals surface area contributed by atoms with Crippen molar-refractivity contribution in [2.24, 2.45) is 14.1 Å². The normalized spacial score (nSPS) is 12.5. The Balaban J connectivity index is 2.40. The van der Waals surface area contributed by atoms with Gasteiger partial charge in [-0.1, -0.05) is 12.1 Å². The summed E-state index contributed by atoms with van der Waals surface area (Å²) in [6.45, 7) is 0. The molecule has 0 saturated carbocycles. The Bertz CT molecular complexity index is 500. The van der Waals surface area contributed by atoms with Crippen LogP contribution in [0.3, 0.4) is 0 Å². The maximum absolute atomic E-state index is 12.4. The number of hydrogen-bond donors (Lipinski definition) is 0. The van der Waals surface area contributed by atoms with Gasteiger partial charge in [-0.25, -0.2) is 9.13 Å². The zero-order valence-corrected chi connectivity index (χ0v) is 10.3. The number of hydrogen-bond acceptors (Lipinski definition) is 2. The van der Waals surface area contributed by atoms with Crippen LogP contribution in [-0.2, 0) is 14.1 Å². The first kappa shape index (κ1) is 11.7. The number of rotatable bonds is 3. The summed E-state index contributed by atoms with van der Waals surface area (Å²) in [5.41, 5.74) is 0.710. The van der Waals surface area contributed by atoms with Crippen LogP contribution in [-0.4, -0.2) is 11.7 Å². The molecule has 0 amide bonds. The highest BCUT2D eigenvalue weighted by molar-refractivity contribution is 5.31. The van der Waals surface area contributed by atoms with Crippen LogP contribution in [0.25, 0.3) is 0 Å². The van der Waals surface area contributed by atoms with E-state index in [2.05, 4.69) is 0 Å². The zero-order valence-electron chi connectivity index (χ0n) is 10.3. The second-order valence-corrected chi connectivity index (χ2v) is 4.03. The minimum atomic E-state index is -0.907. The Hall–Kier alpha value is -1.81. The van der Waals surface area contributed by atoms with Crippen LogP contribution in [0, 0.1) is 0 Å². The molecule has 4 heteroatoms. The summed E-state index contributed by atoms with van der Waals surface area (Å²) in [6.07, 6.45) is 2.84. The number of aromatic nitrogens is 2. The quantitative estimate of drug-likeness (QED) is 0.715. The average molecular weight is 232 g/mol. The predicted octanol–water partition coefficient (Wildman–Crippen LogP) is 0.308. The number of ether oxygens (including phenoxy) is 1. The molecule has 0 aliphatic rings. The van der Waals surface area contributed by atoms with E-state index >= 15 is 0 Å². The van der Waals surface area contributed by atoms with Crippen molar-refractivity contribution in [2.75, 3.05) is 7.11 Å². The molecule has 1 heterocycles. The first-order valence-corrected chi connectivity index (χ1v) is 5.44. The zero-order chi connectivity index (χ0) is 12.4. The third-order valence-corrected chi connectivity index (χ3v) is 2.87. The molecule has 4 nitrogen and oxygen atoms in total. The summed E-state index contributed by atoms with van der Waals surface area (Å²) < 4.78 is 8.82. The van der Waals surface area contributed by atoms with E-state index in [4.69, 9.17) is 4.74 Å². The molecule has 0 aliphatic carbocycles. The van der Waals surface area contributed by atoms with Crippen molar-refractivity contribution in [3.8, 4) is 5.75 Å². The van der Waals surface area contributed by atoms with E-state index in [1.54, 1.807) is 13.2 Å². The summed E-state index contributed by atoms with van der Waals surface area (Å²) in [7, 11) is 5.35. The van der Waals surface area contributed by atoms with Gasteiger partial charge in [0, 0.05) is 6.10 Å². The molecule has 0 N–H and O–H groups in total. The molecular formula is C13H16N2O2. The highest BCUT2D eigenvalue weighted by Crippen LogP contribution is 2.20. The fourth-order valence-electron chi connectivity index (χ4n) is 1.93. The van der Waals surface area contributed by atoms with Gasteiger partial charge in [-0.05, 0) is 17.7 Å². The molecule has 1 atom stereocenters. The Morgan fingerprint density at radius 1 is 1.41 bits per heavy atom. The van der Waals surface area contributed by atoms with Gasteiger partial charge in [-0.3, -0.25) is 0 Å². The number of benzene rings is 1. The molecule has 0 spiro atoms. The standard InChI is InChI=1S/C13H16N2O2/c1-14-7-8-15(2)13(14)12(16)10-5-4-6-11(9-10)17-3/h4-9,12H,1-3H3. The molecule has 0 saturated heterocycles. The topological polar surface area (TPSA) is 41.1 Å². The molecule has 0 bridgehead atoms. The third kappa shape index (κ3) is 2.17. The lowest BCUT2D eigenvalue weighted by Crippen LogP contribution is -2.38. The fourth-order valence-corrected chi connectivity index (χ4v) is 1.93. The molecule has 1 unspecified atom stereocenters. The summed E-state index contributed by atoms with van der Waals surface area (Å²) in [6, 6.07) is 7.28. The van der Waals surface area contributed by atoms with E-state index in [0.717, 1.165) is 5.82 Å². The van der Waals surface area contributed by atoms with Crippen LogP contribution in [0.4, 0.5) is 0 Å². The lowest BCUT2D eigenvalue weighted by atomic mass is 10.1. The average Bonchev–Trinajstić information content (AvgIpc) is 2.68. The van der Waals surface area contributed by atoms with Gasteiger partial charge in [0.25, 0.3) is 0 Å². The predicted molar refractivity (Wildman–Crippen MR) is 61.4 cm³/mol. The summed E-state index contributed by atoms with van der Waals surface area (Å²) in [4.78, 5) is 0. The molecule has 17 heavy (non-hydrogen) atoms. The van der Waals surface area contributed by atoms with Crippen molar-refractivity contribution in [2.45, 2.75) is 6.10 Å². The van der Waals surface area contributed by atoms with E-state index in [1.165, 1.54) is 0 Å². The van der Waals surface area contributed by atoms with Gasteiger partial charge >= 0.3 is 0 Å². The van der Waals surface area contributed by atoms with Crippen LogP contribution in [0.15, 0.2) is 36.7 Å². The first-order valence-electron chi connectivity index (χ1n) is 5.44. The molecule has 0 fully saturated rings. The summed E-state index contributed by atoms with van der Waals surface area (Å²) in [5.74, 6) is 1.43. The van der Waals surface area contributed by atoms with Gasteiger partial charge in [-0.15, -0.1) is 0 Å². The van der Waals surface area contributed by atoms with E-state index in [9.17, 15) is 5.11 Å². The van der Waals surface area contributed by atoms with Crippen molar-refractivity contribution in [1.82, 2.24) is 4.57 Å². The Morgan fingerprint density at radius 3 is 2.76 bits per heavy atom. The van der Waals surface area contributed by atoms with Gasteiger partial charge in [0.15, 0.2) is 0 Å². The van der Waals surface area contributed by atoms with Crippen LogP contribution in [0.1, 0.15) is 17.5 Å². The maximum Gasteiger partial charge on any atom is 0.246 e. The molecule has 2 rings (SSSR count). The summed E-state index contributed by atoms with van der Waals surface area (Å²) in [5, 5.41) is 12.4. The van der Waals surface area contributed by atoms with Gasteiger partial charge in [0.05, 0.1) is 21.2 Å². The van der Waals surface area contributed by atoms with Gasteiger partial charge in [0.1, 0.15) is 18.1 Å². The number of imidazole rings is 1. The first-order chi connectivity index (χ1) is 8.13. The van der Waals surface area contributed by atoms with Gasteiger partial charge < -0.3 is 9.84 Å². The second kappa shape index (κ2) is 4.59. The van der Waals surface area contributed by atoms with Crippen LogP contribution in [0.5, 0.6) is 5.75 Å². The smallest absolute Gasteiger partial charge is 0.246 e. The van der Waals surface area contributed by atoms with E-state index < -0.39 is 6.10 Å². The highest BCUT2D eigenvalue weighted by Gasteiger charge is 2.16. The second-order valence-electron chi connectivity index (χ2n) is 4.03. The molecule has 0 radical (unpaired) electrons. The number of methoxy groups -OCH3 is 1.